The van der Waals surface area contributed by atoms with Crippen LogP contribution in [0.25, 0.3) is 0 Å². The van der Waals surface area contributed by atoms with Crippen molar-refractivity contribution in [2.24, 2.45) is 0 Å². The van der Waals surface area contributed by atoms with Crippen LogP contribution in [0.1, 0.15) is 25.3 Å². The predicted octanol–water partition coefficient (Wildman–Crippen LogP) is 2.27. The number of hydrogen-bond acceptors (Lipinski definition) is 4. The third-order valence-corrected chi connectivity index (χ3v) is 2.62. The molecule has 0 atom stereocenters. The maximum absolute atomic E-state index is 13.8. The molecular weight excluding hydrogens is 249 g/mol. The first-order valence-corrected chi connectivity index (χ1v) is 6.36. The lowest BCUT2D eigenvalue weighted by Crippen LogP contribution is -2.17. The van der Waals surface area contributed by atoms with Crippen molar-refractivity contribution in [3.05, 3.63) is 29.6 Å². The van der Waals surface area contributed by atoms with Gasteiger partial charge in [-0.3, -0.25) is 4.79 Å². The number of methoxy groups -OCH3 is 1. The topological polar surface area (TPSA) is 47.6 Å². The molecule has 0 aliphatic carbocycles. The number of halogens is 1. The van der Waals surface area contributed by atoms with Gasteiger partial charge in [-0.05, 0) is 26.0 Å². The predicted molar refractivity (Wildman–Crippen MR) is 70.5 cm³/mol. The minimum Gasteiger partial charge on any atom is -0.494 e. The van der Waals surface area contributed by atoms with Gasteiger partial charge in [0.25, 0.3) is 0 Å². The first-order chi connectivity index (χ1) is 9.19. The van der Waals surface area contributed by atoms with Crippen molar-refractivity contribution in [1.82, 2.24) is 5.32 Å². The first-order valence-electron chi connectivity index (χ1n) is 6.36. The van der Waals surface area contributed by atoms with Crippen LogP contribution in [0, 0.1) is 5.82 Å². The van der Waals surface area contributed by atoms with Gasteiger partial charge in [0.05, 0.1) is 13.7 Å². The Balaban J connectivity index is 2.28. The third kappa shape index (κ3) is 5.26. The summed E-state index contributed by atoms with van der Waals surface area (Å²) in [4.78, 5) is 11.1. The van der Waals surface area contributed by atoms with Crippen LogP contribution in [0.2, 0.25) is 0 Å². The Kier molecular flexibility index (Phi) is 6.89. The highest BCUT2D eigenvalue weighted by atomic mass is 19.1. The highest BCUT2D eigenvalue weighted by Crippen LogP contribution is 2.19. The van der Waals surface area contributed by atoms with E-state index in [0.717, 1.165) is 0 Å². The molecule has 0 saturated carbocycles. The molecule has 0 fully saturated rings. The summed E-state index contributed by atoms with van der Waals surface area (Å²) in [6.45, 7) is 3.23. The van der Waals surface area contributed by atoms with Crippen LogP contribution in [0.4, 0.5) is 4.39 Å². The normalized spacial score (nSPS) is 10.3. The van der Waals surface area contributed by atoms with E-state index in [2.05, 4.69) is 5.32 Å². The molecule has 106 valence electrons. The van der Waals surface area contributed by atoms with Gasteiger partial charge >= 0.3 is 5.97 Å². The molecule has 0 amide bonds. The molecule has 0 unspecified atom stereocenters. The van der Waals surface area contributed by atoms with E-state index in [1.54, 1.807) is 25.1 Å². The summed E-state index contributed by atoms with van der Waals surface area (Å²) < 4.78 is 23.5. The molecular formula is C14H20FNO3. The summed E-state index contributed by atoms with van der Waals surface area (Å²) in [6.07, 6.45) is 1.05. The maximum Gasteiger partial charge on any atom is 0.305 e. The molecule has 1 aromatic carbocycles. The van der Waals surface area contributed by atoms with Gasteiger partial charge in [-0.1, -0.05) is 12.1 Å². The molecule has 0 aromatic heterocycles. The number of carbonyl (C=O) groups is 1. The highest BCUT2D eigenvalue weighted by Gasteiger charge is 2.07. The Bertz CT molecular complexity index is 410. The van der Waals surface area contributed by atoms with E-state index in [1.165, 1.54) is 7.11 Å². The SMILES string of the molecule is CCOC(=O)CCCNCc1cccc(OC)c1F. The number of carbonyl (C=O) groups excluding carboxylic acids is 1. The van der Waals surface area contributed by atoms with Crippen molar-refractivity contribution in [2.75, 3.05) is 20.3 Å². The zero-order valence-electron chi connectivity index (χ0n) is 11.4. The summed E-state index contributed by atoms with van der Waals surface area (Å²) in [5.41, 5.74) is 0.551. The first kappa shape index (κ1) is 15.4. The van der Waals surface area contributed by atoms with E-state index in [1.807, 2.05) is 0 Å². The number of hydrogen-bond donors (Lipinski definition) is 1. The molecule has 4 nitrogen and oxygen atoms in total. The Morgan fingerprint density at radius 1 is 1.42 bits per heavy atom. The molecule has 0 aliphatic rings. The van der Waals surface area contributed by atoms with Gasteiger partial charge < -0.3 is 14.8 Å². The standard InChI is InChI=1S/C14H20FNO3/c1-3-19-13(17)8-5-9-16-10-11-6-4-7-12(18-2)14(11)15/h4,6-7,16H,3,5,8-10H2,1-2H3. The quantitative estimate of drug-likeness (QED) is 0.581. The molecule has 0 heterocycles. The minimum atomic E-state index is -0.345. The van der Waals surface area contributed by atoms with Crippen LogP contribution in [0.15, 0.2) is 18.2 Å². The summed E-state index contributed by atoms with van der Waals surface area (Å²) in [7, 11) is 1.44. The van der Waals surface area contributed by atoms with E-state index in [-0.39, 0.29) is 17.5 Å². The number of ether oxygens (including phenoxy) is 2. The van der Waals surface area contributed by atoms with Gasteiger partial charge in [0.15, 0.2) is 11.6 Å². The Morgan fingerprint density at radius 3 is 2.89 bits per heavy atom. The van der Waals surface area contributed by atoms with Crippen molar-refractivity contribution in [2.45, 2.75) is 26.3 Å². The molecule has 1 rings (SSSR count). The van der Waals surface area contributed by atoms with E-state index < -0.39 is 0 Å². The van der Waals surface area contributed by atoms with Crippen molar-refractivity contribution in [3.63, 3.8) is 0 Å². The molecule has 0 radical (unpaired) electrons. The van der Waals surface area contributed by atoms with Crippen molar-refractivity contribution in [1.29, 1.82) is 0 Å². The molecule has 0 spiro atoms. The second kappa shape index (κ2) is 8.48. The zero-order chi connectivity index (χ0) is 14.1. The van der Waals surface area contributed by atoms with Gasteiger partial charge in [-0.25, -0.2) is 4.39 Å². The molecule has 0 bridgehead atoms. The van der Waals surface area contributed by atoms with Crippen molar-refractivity contribution < 1.29 is 18.7 Å². The van der Waals surface area contributed by atoms with Crippen LogP contribution in [-0.4, -0.2) is 26.2 Å². The molecule has 0 saturated heterocycles. The Labute approximate surface area is 112 Å². The van der Waals surface area contributed by atoms with Crippen LogP contribution < -0.4 is 10.1 Å². The van der Waals surface area contributed by atoms with Crippen molar-refractivity contribution >= 4 is 5.97 Å². The number of benzene rings is 1. The second-order valence-corrected chi connectivity index (χ2v) is 4.02. The number of rotatable bonds is 8. The lowest BCUT2D eigenvalue weighted by atomic mass is 10.2. The molecule has 1 aromatic rings. The lowest BCUT2D eigenvalue weighted by molar-refractivity contribution is -0.143. The third-order valence-electron chi connectivity index (χ3n) is 2.62. The molecule has 5 heteroatoms. The van der Waals surface area contributed by atoms with Gasteiger partial charge in [-0.15, -0.1) is 0 Å². The fraction of sp³-hybridized carbons (Fsp3) is 0.500. The van der Waals surface area contributed by atoms with Crippen LogP contribution in [0.3, 0.4) is 0 Å². The van der Waals surface area contributed by atoms with E-state index >= 15 is 0 Å². The summed E-state index contributed by atoms with van der Waals surface area (Å²) in [6, 6.07) is 5.04. The monoisotopic (exact) mass is 269 g/mol. The molecule has 1 N–H and O–H groups in total. The second-order valence-electron chi connectivity index (χ2n) is 4.02. The van der Waals surface area contributed by atoms with Crippen LogP contribution in [0.5, 0.6) is 5.75 Å². The summed E-state index contributed by atoms with van der Waals surface area (Å²) >= 11 is 0. The van der Waals surface area contributed by atoms with E-state index in [4.69, 9.17) is 9.47 Å². The largest absolute Gasteiger partial charge is 0.494 e. The summed E-state index contributed by atoms with van der Waals surface area (Å²) in [5.74, 6) is -0.300. The lowest BCUT2D eigenvalue weighted by Gasteiger charge is -2.08. The highest BCUT2D eigenvalue weighted by molar-refractivity contribution is 5.69. The van der Waals surface area contributed by atoms with E-state index in [9.17, 15) is 9.18 Å². The van der Waals surface area contributed by atoms with Crippen LogP contribution in [-0.2, 0) is 16.1 Å². The minimum absolute atomic E-state index is 0.197. The average Bonchev–Trinajstić information content (AvgIpc) is 2.40. The molecule has 19 heavy (non-hydrogen) atoms. The van der Waals surface area contributed by atoms with Crippen LogP contribution >= 0.6 is 0 Å². The fourth-order valence-electron chi connectivity index (χ4n) is 1.66. The number of esters is 1. The fourth-order valence-corrected chi connectivity index (χ4v) is 1.66. The number of nitrogens with one attached hydrogen (secondary N) is 1. The Hall–Kier alpha value is -1.62. The Morgan fingerprint density at radius 2 is 2.21 bits per heavy atom. The van der Waals surface area contributed by atoms with Gasteiger partial charge in [0, 0.05) is 18.5 Å². The average molecular weight is 269 g/mol. The van der Waals surface area contributed by atoms with Gasteiger partial charge in [-0.2, -0.15) is 0 Å². The van der Waals surface area contributed by atoms with Gasteiger partial charge in [0.2, 0.25) is 0 Å². The smallest absolute Gasteiger partial charge is 0.305 e. The van der Waals surface area contributed by atoms with E-state index in [0.29, 0.717) is 38.1 Å². The maximum atomic E-state index is 13.8. The van der Waals surface area contributed by atoms with Gasteiger partial charge in [0.1, 0.15) is 0 Å². The molecule has 0 aliphatic heterocycles. The zero-order valence-corrected chi connectivity index (χ0v) is 11.4. The summed E-state index contributed by atoms with van der Waals surface area (Å²) in [5, 5.41) is 3.09. The van der Waals surface area contributed by atoms with Crippen molar-refractivity contribution in [3.8, 4) is 5.75 Å².